The number of anilines is 1. The lowest BCUT2D eigenvalue weighted by Gasteiger charge is -2.14. The van der Waals surface area contributed by atoms with Crippen molar-refractivity contribution >= 4 is 11.6 Å². The molecule has 1 aliphatic rings. The van der Waals surface area contributed by atoms with Gasteiger partial charge in [-0.1, -0.05) is 26.0 Å². The SMILES string of the molecule is Cc1ccc(C(C)C)cc1NC(=O)C1(C#N)CC1. The molecule has 0 unspecified atom stereocenters. The van der Waals surface area contributed by atoms with Crippen LogP contribution in [0.5, 0.6) is 0 Å². The normalized spacial score (nSPS) is 16.2. The Morgan fingerprint density at radius 1 is 1.44 bits per heavy atom. The van der Waals surface area contributed by atoms with E-state index in [0.717, 1.165) is 11.3 Å². The highest BCUT2D eigenvalue weighted by atomic mass is 16.2. The predicted molar refractivity (Wildman–Crippen MR) is 71.2 cm³/mol. The molecule has 1 fully saturated rings. The summed E-state index contributed by atoms with van der Waals surface area (Å²) in [5.74, 6) is 0.265. The van der Waals surface area contributed by atoms with Crippen molar-refractivity contribution in [1.82, 2.24) is 0 Å². The van der Waals surface area contributed by atoms with Crippen molar-refractivity contribution in [2.24, 2.45) is 5.41 Å². The molecule has 0 atom stereocenters. The third kappa shape index (κ3) is 2.24. The van der Waals surface area contributed by atoms with E-state index in [1.807, 2.05) is 19.1 Å². The number of nitrogens with one attached hydrogen (secondary N) is 1. The van der Waals surface area contributed by atoms with Gasteiger partial charge in [0.25, 0.3) is 0 Å². The summed E-state index contributed by atoms with van der Waals surface area (Å²) < 4.78 is 0. The number of nitriles is 1. The van der Waals surface area contributed by atoms with E-state index in [1.165, 1.54) is 5.56 Å². The van der Waals surface area contributed by atoms with Crippen LogP contribution < -0.4 is 5.32 Å². The van der Waals surface area contributed by atoms with Crippen molar-refractivity contribution in [2.75, 3.05) is 5.32 Å². The number of nitrogens with zero attached hydrogens (tertiary/aromatic N) is 1. The maximum Gasteiger partial charge on any atom is 0.244 e. The third-order valence-corrected chi connectivity index (χ3v) is 3.58. The fourth-order valence-corrected chi connectivity index (χ4v) is 1.89. The summed E-state index contributed by atoms with van der Waals surface area (Å²) in [7, 11) is 0. The summed E-state index contributed by atoms with van der Waals surface area (Å²) in [5.41, 5.74) is 2.28. The average Bonchev–Trinajstić information content (AvgIpc) is 3.12. The number of benzene rings is 1. The first kappa shape index (κ1) is 12.6. The number of aryl methyl sites for hydroxylation is 1. The van der Waals surface area contributed by atoms with E-state index in [9.17, 15) is 4.79 Å². The molecule has 1 aromatic rings. The highest BCUT2D eigenvalue weighted by Gasteiger charge is 2.50. The molecule has 18 heavy (non-hydrogen) atoms. The minimum absolute atomic E-state index is 0.158. The molecular formula is C15H18N2O. The molecule has 3 heteroatoms. The molecular weight excluding hydrogens is 224 g/mol. The van der Waals surface area contributed by atoms with Gasteiger partial charge in [0.05, 0.1) is 6.07 Å². The Hall–Kier alpha value is -1.82. The van der Waals surface area contributed by atoms with Gasteiger partial charge in [-0.25, -0.2) is 0 Å². The van der Waals surface area contributed by atoms with Crippen LogP contribution in [0.15, 0.2) is 18.2 Å². The molecule has 1 saturated carbocycles. The molecule has 0 heterocycles. The second kappa shape index (κ2) is 4.45. The van der Waals surface area contributed by atoms with Crippen molar-refractivity contribution in [2.45, 2.75) is 39.5 Å². The molecule has 94 valence electrons. The maximum atomic E-state index is 12.0. The van der Waals surface area contributed by atoms with Crippen molar-refractivity contribution in [3.8, 4) is 6.07 Å². The topological polar surface area (TPSA) is 52.9 Å². The number of amides is 1. The summed E-state index contributed by atoms with van der Waals surface area (Å²) in [6, 6.07) is 8.21. The van der Waals surface area contributed by atoms with Gasteiger partial charge in [-0.3, -0.25) is 4.79 Å². The highest BCUT2D eigenvalue weighted by molar-refractivity contribution is 5.99. The molecule has 0 aliphatic heterocycles. The maximum absolute atomic E-state index is 12.0. The number of carbonyl (C=O) groups is 1. The minimum Gasteiger partial charge on any atom is -0.324 e. The zero-order valence-electron chi connectivity index (χ0n) is 11.1. The Bertz CT molecular complexity index is 522. The van der Waals surface area contributed by atoms with E-state index < -0.39 is 5.41 Å². The Balaban J connectivity index is 2.21. The first-order valence-electron chi connectivity index (χ1n) is 6.32. The van der Waals surface area contributed by atoms with Crippen molar-refractivity contribution < 1.29 is 4.79 Å². The predicted octanol–water partition coefficient (Wildman–Crippen LogP) is 3.36. The van der Waals surface area contributed by atoms with Crippen LogP contribution in [0.4, 0.5) is 5.69 Å². The molecule has 1 aromatic carbocycles. The first-order chi connectivity index (χ1) is 8.48. The molecule has 3 nitrogen and oxygen atoms in total. The van der Waals surface area contributed by atoms with Gasteiger partial charge in [0.15, 0.2) is 0 Å². The van der Waals surface area contributed by atoms with Crippen LogP contribution in [0.3, 0.4) is 0 Å². The van der Waals surface area contributed by atoms with Crippen LogP contribution in [0.1, 0.15) is 43.7 Å². The third-order valence-electron chi connectivity index (χ3n) is 3.58. The van der Waals surface area contributed by atoms with Crippen molar-refractivity contribution in [3.63, 3.8) is 0 Å². The van der Waals surface area contributed by atoms with E-state index in [1.54, 1.807) is 0 Å². The fourth-order valence-electron chi connectivity index (χ4n) is 1.89. The Morgan fingerprint density at radius 3 is 2.61 bits per heavy atom. The van der Waals surface area contributed by atoms with Gasteiger partial charge in [-0.15, -0.1) is 0 Å². The second-order valence-corrected chi connectivity index (χ2v) is 5.38. The zero-order valence-corrected chi connectivity index (χ0v) is 11.1. The largest absolute Gasteiger partial charge is 0.324 e. The summed E-state index contributed by atoms with van der Waals surface area (Å²) in [4.78, 5) is 12.0. The second-order valence-electron chi connectivity index (χ2n) is 5.38. The first-order valence-corrected chi connectivity index (χ1v) is 6.32. The molecule has 2 rings (SSSR count). The molecule has 0 radical (unpaired) electrons. The summed E-state index contributed by atoms with van der Waals surface area (Å²) in [6.45, 7) is 6.20. The lowest BCUT2D eigenvalue weighted by atomic mass is 10.00. The van der Waals surface area contributed by atoms with E-state index in [0.29, 0.717) is 18.8 Å². The molecule has 0 saturated heterocycles. The van der Waals surface area contributed by atoms with Gasteiger partial charge < -0.3 is 5.32 Å². The van der Waals surface area contributed by atoms with Crippen LogP contribution in [0.2, 0.25) is 0 Å². The van der Waals surface area contributed by atoms with E-state index in [4.69, 9.17) is 5.26 Å². The molecule has 0 spiro atoms. The van der Waals surface area contributed by atoms with Crippen LogP contribution in [0, 0.1) is 23.7 Å². The lowest BCUT2D eigenvalue weighted by Crippen LogP contribution is -2.23. The van der Waals surface area contributed by atoms with Crippen LogP contribution in [0.25, 0.3) is 0 Å². The lowest BCUT2D eigenvalue weighted by molar-refractivity contribution is -0.119. The highest BCUT2D eigenvalue weighted by Crippen LogP contribution is 2.45. The van der Waals surface area contributed by atoms with Gasteiger partial charge in [0.2, 0.25) is 5.91 Å². The standard InChI is InChI=1S/C15H18N2O/c1-10(2)12-5-4-11(3)13(8-12)17-14(18)15(9-16)6-7-15/h4-5,8,10H,6-7H2,1-3H3,(H,17,18). The summed E-state index contributed by atoms with van der Waals surface area (Å²) in [6.07, 6.45) is 1.36. The van der Waals surface area contributed by atoms with Crippen LogP contribution in [-0.2, 0) is 4.79 Å². The molecule has 1 N–H and O–H groups in total. The molecule has 0 aromatic heterocycles. The smallest absolute Gasteiger partial charge is 0.244 e. The van der Waals surface area contributed by atoms with E-state index in [-0.39, 0.29) is 5.91 Å². The molecule has 0 bridgehead atoms. The molecule has 1 aliphatic carbocycles. The summed E-state index contributed by atoms with van der Waals surface area (Å²) >= 11 is 0. The molecule has 1 amide bonds. The Morgan fingerprint density at radius 2 is 2.11 bits per heavy atom. The van der Waals surface area contributed by atoms with Gasteiger partial charge >= 0.3 is 0 Å². The summed E-state index contributed by atoms with van der Waals surface area (Å²) in [5, 5.41) is 11.9. The van der Waals surface area contributed by atoms with Crippen molar-refractivity contribution in [1.29, 1.82) is 5.26 Å². The zero-order chi connectivity index (χ0) is 13.3. The fraction of sp³-hybridized carbons (Fsp3) is 0.467. The number of carbonyl (C=O) groups excluding carboxylic acids is 1. The van der Waals surface area contributed by atoms with E-state index >= 15 is 0 Å². The van der Waals surface area contributed by atoms with Gasteiger partial charge in [-0.2, -0.15) is 5.26 Å². The van der Waals surface area contributed by atoms with Crippen LogP contribution >= 0.6 is 0 Å². The van der Waals surface area contributed by atoms with Crippen molar-refractivity contribution in [3.05, 3.63) is 29.3 Å². The number of hydrogen-bond acceptors (Lipinski definition) is 2. The van der Waals surface area contributed by atoms with E-state index in [2.05, 4.69) is 31.3 Å². The number of rotatable bonds is 3. The van der Waals surface area contributed by atoms with Gasteiger partial charge in [0, 0.05) is 5.69 Å². The Kier molecular flexibility index (Phi) is 3.13. The minimum atomic E-state index is -0.764. The number of hydrogen-bond donors (Lipinski definition) is 1. The van der Waals surface area contributed by atoms with Gasteiger partial charge in [-0.05, 0) is 42.9 Å². The van der Waals surface area contributed by atoms with Gasteiger partial charge in [0.1, 0.15) is 5.41 Å². The Labute approximate surface area is 108 Å². The monoisotopic (exact) mass is 242 g/mol. The van der Waals surface area contributed by atoms with Crippen LogP contribution in [-0.4, -0.2) is 5.91 Å². The quantitative estimate of drug-likeness (QED) is 0.883. The average molecular weight is 242 g/mol.